The van der Waals surface area contributed by atoms with Gasteiger partial charge in [0.15, 0.2) is 0 Å². The summed E-state index contributed by atoms with van der Waals surface area (Å²) in [5.41, 5.74) is 0. The van der Waals surface area contributed by atoms with Crippen LogP contribution in [0.2, 0.25) is 0 Å². The Kier molecular flexibility index (Phi) is 2.27. The van der Waals surface area contributed by atoms with Crippen molar-refractivity contribution in [3.63, 3.8) is 0 Å². The van der Waals surface area contributed by atoms with Crippen LogP contribution in [0, 0.1) is 0 Å². The van der Waals surface area contributed by atoms with Gasteiger partial charge >= 0.3 is 76.6 Å². The van der Waals surface area contributed by atoms with E-state index < -0.39 is 19.8 Å². The van der Waals surface area contributed by atoms with E-state index >= 15 is 0 Å². The molecule has 0 aromatic carbocycles. The summed E-state index contributed by atoms with van der Waals surface area (Å²) in [7, 11) is 0. The standard InChI is InChI=1S/2C5H5.Ta.3H/c2*1-2-4-5-3-1;;;;/h2*1-3H,4H2;;;;/q;;;3*-1. The molecule has 0 aromatic heterocycles. The SMILES string of the molecule is C1=CC[C]([Ta][C]2=CC=CC2)=C1.[H-].[H-].[H-]. The van der Waals surface area contributed by atoms with Crippen LogP contribution in [0.15, 0.2) is 44.0 Å². The van der Waals surface area contributed by atoms with E-state index in [1.165, 1.54) is 12.8 Å². The fraction of sp³-hybridized carbons (Fsp3) is 0.200. The molecule has 0 atom stereocenters. The predicted octanol–water partition coefficient (Wildman–Crippen LogP) is 3.09. The van der Waals surface area contributed by atoms with Crippen LogP contribution in [0.4, 0.5) is 0 Å². The molecule has 61 valence electrons. The minimum Gasteiger partial charge on any atom is -1.00 e. The van der Waals surface area contributed by atoms with Crippen molar-refractivity contribution in [2.45, 2.75) is 12.8 Å². The van der Waals surface area contributed by atoms with Gasteiger partial charge in [0.05, 0.1) is 0 Å². The van der Waals surface area contributed by atoms with Crippen LogP contribution in [-0.4, -0.2) is 0 Å². The molecule has 11 heavy (non-hydrogen) atoms. The summed E-state index contributed by atoms with van der Waals surface area (Å²) in [6, 6.07) is 0. The summed E-state index contributed by atoms with van der Waals surface area (Å²) < 4.78 is 3.47. The second-order valence-corrected chi connectivity index (χ2v) is 7.62. The van der Waals surface area contributed by atoms with Crippen LogP contribution >= 0.6 is 0 Å². The largest absolute Gasteiger partial charge is 1.00 e. The molecule has 0 fully saturated rings. The van der Waals surface area contributed by atoms with Crippen molar-refractivity contribution in [3.8, 4) is 0 Å². The van der Waals surface area contributed by atoms with Gasteiger partial charge in [0.2, 0.25) is 0 Å². The zero-order valence-corrected chi connectivity index (χ0v) is 9.54. The fourth-order valence-electron chi connectivity index (χ4n) is 1.22. The smallest absolute Gasteiger partial charge is 1.00 e. The first-order valence-corrected chi connectivity index (χ1v) is 7.09. The molecule has 1 heteroatoms. The minimum atomic E-state index is -0.404. The van der Waals surface area contributed by atoms with E-state index in [4.69, 9.17) is 0 Å². The Labute approximate surface area is 81.2 Å². The van der Waals surface area contributed by atoms with Gasteiger partial charge in [-0.2, -0.15) is 0 Å². The molecule has 0 aliphatic heterocycles. The number of allylic oxidation sites excluding steroid dienone is 8. The maximum atomic E-state index is 2.32. The molecule has 0 radical (unpaired) electrons. The van der Waals surface area contributed by atoms with E-state index in [1.54, 1.807) is 7.58 Å². The van der Waals surface area contributed by atoms with E-state index in [1.807, 2.05) is 0 Å². The Balaban J connectivity index is 0. The van der Waals surface area contributed by atoms with E-state index in [0.717, 1.165) is 0 Å². The van der Waals surface area contributed by atoms with E-state index in [0.29, 0.717) is 0 Å². The number of hydrogen-bond acceptors (Lipinski definition) is 0. The first-order chi connectivity index (χ1) is 5.45. The quantitative estimate of drug-likeness (QED) is 0.735. The average molecular weight is 314 g/mol. The summed E-state index contributed by atoms with van der Waals surface area (Å²) in [5.74, 6) is 0. The van der Waals surface area contributed by atoms with Crippen molar-refractivity contribution in [2.24, 2.45) is 0 Å². The van der Waals surface area contributed by atoms with Crippen LogP contribution in [0.3, 0.4) is 0 Å². The molecule has 0 N–H and O–H groups in total. The van der Waals surface area contributed by atoms with Gasteiger partial charge < -0.3 is 4.28 Å². The van der Waals surface area contributed by atoms with Crippen molar-refractivity contribution in [1.82, 2.24) is 0 Å². The molecule has 0 heterocycles. The minimum absolute atomic E-state index is 0. The third-order valence-corrected chi connectivity index (χ3v) is 6.24. The Hall–Kier alpha value is -0.300. The molecule has 0 nitrogen and oxygen atoms in total. The molecular weight excluding hydrogens is 301 g/mol. The Morgan fingerprint density at radius 2 is 1.55 bits per heavy atom. The summed E-state index contributed by atoms with van der Waals surface area (Å²) in [5, 5.41) is 0. The van der Waals surface area contributed by atoms with Crippen molar-refractivity contribution in [2.75, 3.05) is 0 Å². The number of rotatable bonds is 2. The first kappa shape index (κ1) is 7.35. The van der Waals surface area contributed by atoms with E-state index in [9.17, 15) is 0 Å². The summed E-state index contributed by atoms with van der Waals surface area (Å²) in [6.45, 7) is 0. The maximum Gasteiger partial charge on any atom is -1.00 e. The molecule has 0 spiro atoms. The van der Waals surface area contributed by atoms with Gasteiger partial charge in [-0.1, -0.05) is 0 Å². The zero-order valence-electron chi connectivity index (χ0n) is 9.33. The van der Waals surface area contributed by atoms with Gasteiger partial charge in [-0.05, 0) is 0 Å². The topological polar surface area (TPSA) is 0 Å². The zero-order chi connectivity index (χ0) is 7.52. The van der Waals surface area contributed by atoms with Crippen LogP contribution in [0.5, 0.6) is 0 Å². The predicted molar refractivity (Wildman–Crippen MR) is 47.0 cm³/mol. The summed E-state index contributed by atoms with van der Waals surface area (Å²) >= 11 is -0.404. The van der Waals surface area contributed by atoms with Crippen molar-refractivity contribution in [1.29, 1.82) is 0 Å². The molecule has 0 unspecified atom stereocenters. The Bertz CT molecular complexity index is 249. The number of hydrogen-bond donors (Lipinski definition) is 0. The Morgan fingerprint density at radius 3 is 1.91 bits per heavy atom. The molecular formula is C10H13Ta-3. The molecule has 0 saturated carbocycles. The normalized spacial score (nSPS) is 20.4. The van der Waals surface area contributed by atoms with Gasteiger partial charge in [0.1, 0.15) is 0 Å². The van der Waals surface area contributed by atoms with Crippen LogP contribution in [0.25, 0.3) is 0 Å². The van der Waals surface area contributed by atoms with E-state index in [2.05, 4.69) is 36.5 Å². The van der Waals surface area contributed by atoms with Gasteiger partial charge in [0, 0.05) is 0 Å². The van der Waals surface area contributed by atoms with Crippen LogP contribution < -0.4 is 0 Å². The van der Waals surface area contributed by atoms with Gasteiger partial charge in [-0.3, -0.25) is 0 Å². The molecule has 0 saturated heterocycles. The van der Waals surface area contributed by atoms with E-state index in [-0.39, 0.29) is 4.28 Å². The van der Waals surface area contributed by atoms with Gasteiger partial charge in [0.25, 0.3) is 0 Å². The molecule has 2 aliphatic rings. The third-order valence-electron chi connectivity index (χ3n) is 1.79. The third kappa shape index (κ3) is 1.84. The molecule has 2 rings (SSSR count). The van der Waals surface area contributed by atoms with Gasteiger partial charge in [-0.15, -0.1) is 0 Å². The molecule has 0 amide bonds. The van der Waals surface area contributed by atoms with Crippen molar-refractivity contribution < 1.29 is 24.0 Å². The first-order valence-electron chi connectivity index (χ1n) is 3.88. The van der Waals surface area contributed by atoms with Gasteiger partial charge in [-0.25, -0.2) is 0 Å². The molecule has 2 aliphatic carbocycles. The molecule has 0 bridgehead atoms. The van der Waals surface area contributed by atoms with Crippen LogP contribution in [-0.2, 0) is 19.8 Å². The average Bonchev–Trinajstić information content (AvgIpc) is 2.60. The van der Waals surface area contributed by atoms with Crippen molar-refractivity contribution in [3.05, 3.63) is 44.0 Å². The maximum absolute atomic E-state index is 2.32. The molecule has 0 aromatic rings. The second kappa shape index (κ2) is 3.40. The Morgan fingerprint density at radius 1 is 1.00 bits per heavy atom. The second-order valence-electron chi connectivity index (χ2n) is 2.69. The van der Waals surface area contributed by atoms with Crippen molar-refractivity contribution >= 4 is 0 Å². The summed E-state index contributed by atoms with van der Waals surface area (Å²) in [6.07, 6.45) is 16.0. The van der Waals surface area contributed by atoms with Crippen LogP contribution in [0.1, 0.15) is 17.1 Å². The summed E-state index contributed by atoms with van der Waals surface area (Å²) in [4.78, 5) is 0. The fourth-order valence-corrected chi connectivity index (χ4v) is 5.11. The monoisotopic (exact) mass is 314 g/mol.